The molecule has 1 aromatic carbocycles. The maximum absolute atomic E-state index is 11.8. The maximum Gasteiger partial charge on any atom is 0.260 e. The van der Waals surface area contributed by atoms with Crippen LogP contribution >= 0.6 is 12.2 Å². The lowest BCUT2D eigenvalue weighted by Gasteiger charge is -2.25. The van der Waals surface area contributed by atoms with E-state index in [1.54, 1.807) is 45.2 Å². The fraction of sp³-hybridized carbons (Fsp3) is 0.429. The Morgan fingerprint density at radius 3 is 2.40 bits per heavy atom. The Kier molecular flexibility index (Phi) is 5.47. The number of hydrogen-bond donors (Lipinski definition) is 2. The molecule has 0 aromatic heterocycles. The zero-order valence-electron chi connectivity index (χ0n) is 11.9. The summed E-state index contributed by atoms with van der Waals surface area (Å²) in [6, 6.07) is 6.89. The number of thiocarbonyl (C=S) groups is 1. The Balaban J connectivity index is 2.50. The van der Waals surface area contributed by atoms with Gasteiger partial charge < -0.3 is 20.5 Å². The van der Waals surface area contributed by atoms with Gasteiger partial charge in [-0.3, -0.25) is 4.79 Å². The van der Waals surface area contributed by atoms with Gasteiger partial charge in [-0.1, -0.05) is 12.2 Å². The SMILES string of the molecule is CN(CC(C)(C)O)C(=O)COc1ccc(C(N)=S)cc1. The fourth-order valence-corrected chi connectivity index (χ4v) is 1.78. The second-order valence-corrected chi connectivity index (χ2v) is 5.68. The summed E-state index contributed by atoms with van der Waals surface area (Å²) in [5.41, 5.74) is 5.31. The zero-order chi connectivity index (χ0) is 15.3. The Bertz CT molecular complexity index is 480. The number of carbonyl (C=O) groups is 1. The summed E-state index contributed by atoms with van der Waals surface area (Å²) in [6.45, 7) is 3.45. The van der Waals surface area contributed by atoms with Crippen molar-refractivity contribution in [1.82, 2.24) is 4.90 Å². The molecule has 1 amide bonds. The summed E-state index contributed by atoms with van der Waals surface area (Å²) in [5, 5.41) is 9.65. The van der Waals surface area contributed by atoms with Crippen molar-refractivity contribution in [1.29, 1.82) is 0 Å². The smallest absolute Gasteiger partial charge is 0.260 e. The highest BCUT2D eigenvalue weighted by atomic mass is 32.1. The molecule has 0 aliphatic carbocycles. The maximum atomic E-state index is 11.8. The third-order valence-corrected chi connectivity index (χ3v) is 2.79. The lowest BCUT2D eigenvalue weighted by molar-refractivity contribution is -0.134. The molecule has 0 spiro atoms. The predicted molar refractivity (Wildman–Crippen MR) is 81.8 cm³/mol. The highest BCUT2D eigenvalue weighted by Gasteiger charge is 2.19. The van der Waals surface area contributed by atoms with Gasteiger partial charge in [0.05, 0.1) is 5.60 Å². The average Bonchev–Trinajstić information content (AvgIpc) is 2.34. The van der Waals surface area contributed by atoms with Gasteiger partial charge in [0.2, 0.25) is 0 Å². The van der Waals surface area contributed by atoms with E-state index >= 15 is 0 Å². The van der Waals surface area contributed by atoms with Gasteiger partial charge in [-0.25, -0.2) is 0 Å². The van der Waals surface area contributed by atoms with E-state index in [1.165, 1.54) is 4.90 Å². The normalized spacial score (nSPS) is 11.0. The minimum absolute atomic E-state index is 0.0843. The average molecular weight is 296 g/mol. The second kappa shape index (κ2) is 6.67. The second-order valence-electron chi connectivity index (χ2n) is 5.24. The lowest BCUT2D eigenvalue weighted by Crippen LogP contribution is -2.41. The predicted octanol–water partition coefficient (Wildman–Crippen LogP) is 0.929. The number of rotatable bonds is 6. The molecule has 1 aromatic rings. The summed E-state index contributed by atoms with van der Waals surface area (Å²) in [6.07, 6.45) is 0. The van der Waals surface area contributed by atoms with Gasteiger partial charge in [0, 0.05) is 19.2 Å². The molecule has 1 rings (SSSR count). The van der Waals surface area contributed by atoms with E-state index in [4.69, 9.17) is 22.7 Å². The number of hydrogen-bond acceptors (Lipinski definition) is 4. The van der Waals surface area contributed by atoms with E-state index in [9.17, 15) is 9.90 Å². The summed E-state index contributed by atoms with van der Waals surface area (Å²) in [5.74, 6) is 0.362. The number of carbonyl (C=O) groups excluding carboxylic acids is 1. The van der Waals surface area contributed by atoms with Crippen molar-refractivity contribution in [3.8, 4) is 5.75 Å². The van der Waals surface area contributed by atoms with Crippen LogP contribution in [0, 0.1) is 0 Å². The monoisotopic (exact) mass is 296 g/mol. The molecule has 6 heteroatoms. The molecule has 110 valence electrons. The Morgan fingerprint density at radius 1 is 1.40 bits per heavy atom. The Labute approximate surface area is 124 Å². The third kappa shape index (κ3) is 5.54. The van der Waals surface area contributed by atoms with Crippen LogP contribution in [0.1, 0.15) is 19.4 Å². The minimum Gasteiger partial charge on any atom is -0.484 e. The van der Waals surface area contributed by atoms with Crippen molar-refractivity contribution in [3.63, 3.8) is 0 Å². The van der Waals surface area contributed by atoms with Crippen molar-refractivity contribution < 1.29 is 14.6 Å². The van der Waals surface area contributed by atoms with Crippen LogP contribution in [0.2, 0.25) is 0 Å². The molecule has 20 heavy (non-hydrogen) atoms. The first-order valence-electron chi connectivity index (χ1n) is 6.18. The first kappa shape index (κ1) is 16.4. The molecular weight excluding hydrogens is 276 g/mol. The quantitative estimate of drug-likeness (QED) is 0.764. The molecule has 0 saturated heterocycles. The van der Waals surface area contributed by atoms with Crippen LogP contribution in [-0.4, -0.2) is 46.7 Å². The van der Waals surface area contributed by atoms with Crippen molar-refractivity contribution in [2.45, 2.75) is 19.4 Å². The van der Waals surface area contributed by atoms with E-state index in [2.05, 4.69) is 0 Å². The van der Waals surface area contributed by atoms with Crippen LogP contribution in [0.5, 0.6) is 5.75 Å². The number of amides is 1. The highest BCUT2D eigenvalue weighted by molar-refractivity contribution is 7.80. The number of likely N-dealkylation sites (N-methyl/N-ethyl adjacent to an activating group) is 1. The summed E-state index contributed by atoms with van der Waals surface area (Å²) >= 11 is 4.85. The summed E-state index contributed by atoms with van der Waals surface area (Å²) in [4.78, 5) is 13.6. The van der Waals surface area contributed by atoms with Crippen molar-refractivity contribution in [2.75, 3.05) is 20.2 Å². The molecule has 0 bridgehead atoms. The van der Waals surface area contributed by atoms with Gasteiger partial charge in [-0.05, 0) is 38.1 Å². The lowest BCUT2D eigenvalue weighted by atomic mass is 10.1. The van der Waals surface area contributed by atoms with E-state index in [0.717, 1.165) is 5.56 Å². The number of nitrogens with two attached hydrogens (primary N) is 1. The number of nitrogens with zero attached hydrogens (tertiary/aromatic N) is 1. The van der Waals surface area contributed by atoms with Crippen molar-refractivity contribution in [3.05, 3.63) is 29.8 Å². The van der Waals surface area contributed by atoms with E-state index in [0.29, 0.717) is 10.7 Å². The van der Waals surface area contributed by atoms with Crippen LogP contribution < -0.4 is 10.5 Å². The molecule has 5 nitrogen and oxygen atoms in total. The largest absolute Gasteiger partial charge is 0.484 e. The molecule has 0 saturated carbocycles. The zero-order valence-corrected chi connectivity index (χ0v) is 12.7. The van der Waals surface area contributed by atoms with Crippen LogP contribution in [-0.2, 0) is 4.79 Å². The number of benzene rings is 1. The molecule has 0 fully saturated rings. The van der Waals surface area contributed by atoms with E-state index < -0.39 is 5.60 Å². The first-order valence-corrected chi connectivity index (χ1v) is 6.59. The molecular formula is C14H20N2O3S. The molecule has 0 radical (unpaired) electrons. The van der Waals surface area contributed by atoms with Crippen LogP contribution in [0.4, 0.5) is 0 Å². The van der Waals surface area contributed by atoms with Gasteiger partial charge in [0.1, 0.15) is 10.7 Å². The fourth-order valence-electron chi connectivity index (χ4n) is 1.64. The Morgan fingerprint density at radius 2 is 1.95 bits per heavy atom. The standard InChI is InChI=1S/C14H20N2O3S/c1-14(2,18)9-16(3)12(17)8-19-11-6-4-10(5-7-11)13(15)20/h4-7,18H,8-9H2,1-3H3,(H2,15,20). The topological polar surface area (TPSA) is 75.8 Å². The van der Waals surface area contributed by atoms with Gasteiger partial charge in [-0.2, -0.15) is 0 Å². The van der Waals surface area contributed by atoms with Gasteiger partial charge in [0.15, 0.2) is 6.61 Å². The van der Waals surface area contributed by atoms with Crippen molar-refractivity contribution in [2.24, 2.45) is 5.73 Å². The summed E-state index contributed by atoms with van der Waals surface area (Å²) < 4.78 is 5.38. The molecule has 0 atom stereocenters. The van der Waals surface area contributed by atoms with Crippen LogP contribution in [0.15, 0.2) is 24.3 Å². The first-order chi connectivity index (χ1) is 9.19. The van der Waals surface area contributed by atoms with Gasteiger partial charge in [-0.15, -0.1) is 0 Å². The number of ether oxygens (including phenoxy) is 1. The van der Waals surface area contributed by atoms with Crippen LogP contribution in [0.3, 0.4) is 0 Å². The molecule has 0 unspecified atom stereocenters. The van der Waals surface area contributed by atoms with E-state index in [-0.39, 0.29) is 19.1 Å². The molecule has 0 aliphatic rings. The third-order valence-electron chi connectivity index (χ3n) is 2.55. The van der Waals surface area contributed by atoms with Crippen LogP contribution in [0.25, 0.3) is 0 Å². The highest BCUT2D eigenvalue weighted by Crippen LogP contribution is 2.12. The van der Waals surface area contributed by atoms with Crippen molar-refractivity contribution >= 4 is 23.1 Å². The van der Waals surface area contributed by atoms with E-state index in [1.807, 2.05) is 0 Å². The summed E-state index contributed by atoms with van der Waals surface area (Å²) in [7, 11) is 1.62. The molecule has 0 aliphatic heterocycles. The van der Waals surface area contributed by atoms with Gasteiger partial charge >= 0.3 is 0 Å². The molecule has 0 heterocycles. The van der Waals surface area contributed by atoms with Gasteiger partial charge in [0.25, 0.3) is 5.91 Å². The molecule has 3 N–H and O–H groups in total. The Hall–Kier alpha value is -1.66. The minimum atomic E-state index is -0.928. The number of aliphatic hydroxyl groups is 1.